The van der Waals surface area contributed by atoms with Crippen molar-refractivity contribution >= 4 is 11.5 Å². The van der Waals surface area contributed by atoms with Crippen molar-refractivity contribution in [2.45, 2.75) is 59.4 Å². The molecule has 1 heterocycles. The van der Waals surface area contributed by atoms with Crippen molar-refractivity contribution in [1.82, 2.24) is 9.97 Å². The van der Waals surface area contributed by atoms with Crippen LogP contribution in [0, 0.1) is 0 Å². The van der Waals surface area contributed by atoms with Gasteiger partial charge in [-0.05, 0) is 27.2 Å². The molecule has 19 heavy (non-hydrogen) atoms. The molecule has 0 aliphatic heterocycles. The summed E-state index contributed by atoms with van der Waals surface area (Å²) in [6.07, 6.45) is 2.83. The average Bonchev–Trinajstić information content (AvgIpc) is 2.32. The first-order valence-electron chi connectivity index (χ1n) is 6.94. The second-order valence-electron chi connectivity index (χ2n) is 5.64. The maximum Gasteiger partial charge on any atom is 0.242 e. The van der Waals surface area contributed by atoms with Crippen LogP contribution in [0.3, 0.4) is 0 Å². The van der Waals surface area contributed by atoms with Crippen LogP contribution in [-0.2, 0) is 6.42 Å². The summed E-state index contributed by atoms with van der Waals surface area (Å²) in [4.78, 5) is 8.79. The molecular weight excluding hydrogens is 240 g/mol. The number of nitrogens with one attached hydrogen (secondary N) is 1. The molecule has 0 saturated heterocycles. The van der Waals surface area contributed by atoms with E-state index in [1.807, 2.05) is 6.92 Å². The van der Waals surface area contributed by atoms with E-state index in [0.717, 1.165) is 25.1 Å². The first-order chi connectivity index (χ1) is 8.87. The fourth-order valence-corrected chi connectivity index (χ4v) is 1.52. The van der Waals surface area contributed by atoms with E-state index in [2.05, 4.69) is 43.0 Å². The van der Waals surface area contributed by atoms with Crippen molar-refractivity contribution in [3.8, 4) is 5.88 Å². The molecule has 0 aliphatic carbocycles. The largest absolute Gasteiger partial charge is 0.476 e. The number of nitrogen functional groups attached to an aromatic ring is 1. The van der Waals surface area contributed by atoms with Crippen LogP contribution in [0.5, 0.6) is 5.88 Å². The van der Waals surface area contributed by atoms with E-state index < -0.39 is 0 Å². The van der Waals surface area contributed by atoms with Gasteiger partial charge in [-0.3, -0.25) is 0 Å². The Morgan fingerprint density at radius 1 is 1.21 bits per heavy atom. The topological polar surface area (TPSA) is 73.1 Å². The van der Waals surface area contributed by atoms with Gasteiger partial charge in [-0.25, -0.2) is 4.98 Å². The zero-order valence-corrected chi connectivity index (χ0v) is 12.7. The number of nitrogens with zero attached hydrogens (tertiary/aromatic N) is 2. The summed E-state index contributed by atoms with van der Waals surface area (Å²) in [6, 6.07) is 0. The summed E-state index contributed by atoms with van der Waals surface area (Å²) in [5, 5.41) is 3.30. The van der Waals surface area contributed by atoms with Crippen LogP contribution in [0.15, 0.2) is 0 Å². The van der Waals surface area contributed by atoms with Gasteiger partial charge in [-0.1, -0.05) is 20.3 Å². The number of hydrogen-bond donors (Lipinski definition) is 2. The molecule has 0 amide bonds. The van der Waals surface area contributed by atoms with Gasteiger partial charge in [0.05, 0.1) is 6.61 Å². The molecule has 0 saturated carbocycles. The van der Waals surface area contributed by atoms with Crippen molar-refractivity contribution in [2.24, 2.45) is 0 Å². The second-order valence-corrected chi connectivity index (χ2v) is 5.64. The molecule has 3 N–H and O–H groups in total. The Kier molecular flexibility index (Phi) is 5.39. The van der Waals surface area contributed by atoms with Crippen molar-refractivity contribution < 1.29 is 4.74 Å². The van der Waals surface area contributed by atoms with Crippen molar-refractivity contribution in [2.75, 3.05) is 17.7 Å². The Morgan fingerprint density at radius 3 is 2.42 bits per heavy atom. The predicted octanol–water partition coefficient (Wildman–Crippen LogP) is 3.01. The zero-order valence-electron chi connectivity index (χ0n) is 12.7. The second kappa shape index (κ2) is 6.59. The van der Waals surface area contributed by atoms with Gasteiger partial charge in [0.1, 0.15) is 11.5 Å². The number of aryl methyl sites for hydroxylation is 1. The highest BCUT2D eigenvalue weighted by Crippen LogP contribution is 2.28. The Hall–Kier alpha value is -1.52. The Balaban J connectivity index is 2.99. The number of ether oxygens (including phenoxy) is 1. The van der Waals surface area contributed by atoms with Gasteiger partial charge in [0, 0.05) is 12.0 Å². The summed E-state index contributed by atoms with van der Waals surface area (Å²) in [5.41, 5.74) is 6.47. The summed E-state index contributed by atoms with van der Waals surface area (Å²) in [6.45, 7) is 11.0. The number of anilines is 2. The lowest BCUT2D eigenvalue weighted by atomic mass is 10.1. The van der Waals surface area contributed by atoms with Gasteiger partial charge in [0.15, 0.2) is 5.82 Å². The molecule has 0 aliphatic rings. The van der Waals surface area contributed by atoms with Crippen molar-refractivity contribution in [1.29, 1.82) is 0 Å². The Labute approximate surface area is 116 Å². The average molecular weight is 266 g/mol. The highest BCUT2D eigenvalue weighted by atomic mass is 16.5. The summed E-state index contributed by atoms with van der Waals surface area (Å²) < 4.78 is 5.66. The van der Waals surface area contributed by atoms with Crippen LogP contribution in [-0.4, -0.2) is 22.1 Å². The lowest BCUT2D eigenvalue weighted by Gasteiger charge is -2.23. The molecule has 0 spiro atoms. The fourth-order valence-electron chi connectivity index (χ4n) is 1.52. The third kappa shape index (κ3) is 4.93. The zero-order chi connectivity index (χ0) is 14.5. The van der Waals surface area contributed by atoms with Gasteiger partial charge >= 0.3 is 0 Å². The molecule has 1 rings (SSSR count). The van der Waals surface area contributed by atoms with Crippen molar-refractivity contribution in [3.05, 3.63) is 5.82 Å². The molecule has 5 heteroatoms. The Morgan fingerprint density at radius 2 is 1.89 bits per heavy atom. The monoisotopic (exact) mass is 266 g/mol. The minimum atomic E-state index is -0.103. The predicted molar refractivity (Wildman–Crippen MR) is 79.6 cm³/mol. The quantitative estimate of drug-likeness (QED) is 0.774. The lowest BCUT2D eigenvalue weighted by Crippen LogP contribution is -2.28. The SMILES string of the molecule is CCCCOc1nc(CC)nc(NC(C)(C)C)c1N. The summed E-state index contributed by atoms with van der Waals surface area (Å²) in [7, 11) is 0. The van der Waals surface area contributed by atoms with E-state index in [0.29, 0.717) is 24.0 Å². The molecule has 0 unspecified atom stereocenters. The molecule has 0 atom stereocenters. The maximum absolute atomic E-state index is 6.08. The molecule has 0 aromatic carbocycles. The van der Waals surface area contributed by atoms with E-state index in [4.69, 9.17) is 10.5 Å². The van der Waals surface area contributed by atoms with Gasteiger partial charge < -0.3 is 15.8 Å². The molecule has 5 nitrogen and oxygen atoms in total. The minimum absolute atomic E-state index is 0.103. The standard InChI is InChI=1S/C14H26N4O/c1-6-8-9-19-13-11(15)12(18-14(3,4)5)16-10(7-2)17-13/h6-9,15H2,1-5H3,(H,16,17,18). The highest BCUT2D eigenvalue weighted by molar-refractivity contribution is 5.67. The van der Waals surface area contributed by atoms with Crippen LogP contribution >= 0.6 is 0 Å². The van der Waals surface area contributed by atoms with Crippen LogP contribution in [0.2, 0.25) is 0 Å². The third-order valence-electron chi connectivity index (χ3n) is 2.50. The van der Waals surface area contributed by atoms with E-state index >= 15 is 0 Å². The van der Waals surface area contributed by atoms with Gasteiger partial charge in [-0.2, -0.15) is 4.98 Å². The van der Waals surface area contributed by atoms with Crippen LogP contribution in [0.4, 0.5) is 11.5 Å². The third-order valence-corrected chi connectivity index (χ3v) is 2.50. The van der Waals surface area contributed by atoms with Crippen LogP contribution in [0.25, 0.3) is 0 Å². The van der Waals surface area contributed by atoms with Gasteiger partial charge in [0.2, 0.25) is 5.88 Å². The maximum atomic E-state index is 6.08. The number of nitrogens with two attached hydrogens (primary N) is 1. The molecule has 0 bridgehead atoms. The number of aromatic nitrogens is 2. The lowest BCUT2D eigenvalue weighted by molar-refractivity contribution is 0.298. The van der Waals surface area contributed by atoms with Crippen LogP contribution < -0.4 is 15.8 Å². The van der Waals surface area contributed by atoms with E-state index in [-0.39, 0.29) is 5.54 Å². The first kappa shape index (κ1) is 15.5. The number of rotatable bonds is 6. The Bertz CT molecular complexity index is 413. The molecule has 108 valence electrons. The molecule has 1 aromatic rings. The molecule has 0 radical (unpaired) electrons. The minimum Gasteiger partial charge on any atom is -0.476 e. The highest BCUT2D eigenvalue weighted by Gasteiger charge is 2.17. The fraction of sp³-hybridized carbons (Fsp3) is 0.714. The molecular formula is C14H26N4O. The number of unbranched alkanes of at least 4 members (excludes halogenated alkanes) is 1. The van der Waals surface area contributed by atoms with E-state index in [1.54, 1.807) is 0 Å². The van der Waals surface area contributed by atoms with E-state index in [1.165, 1.54) is 0 Å². The van der Waals surface area contributed by atoms with Gasteiger partial charge in [0.25, 0.3) is 0 Å². The smallest absolute Gasteiger partial charge is 0.242 e. The normalized spacial score (nSPS) is 11.4. The number of hydrogen-bond acceptors (Lipinski definition) is 5. The van der Waals surface area contributed by atoms with E-state index in [9.17, 15) is 0 Å². The summed E-state index contributed by atoms with van der Waals surface area (Å²) >= 11 is 0. The first-order valence-corrected chi connectivity index (χ1v) is 6.94. The molecule has 0 fully saturated rings. The molecule has 1 aromatic heterocycles. The summed E-state index contributed by atoms with van der Waals surface area (Å²) in [5.74, 6) is 1.89. The van der Waals surface area contributed by atoms with Crippen molar-refractivity contribution in [3.63, 3.8) is 0 Å². The van der Waals surface area contributed by atoms with Gasteiger partial charge in [-0.15, -0.1) is 0 Å². The van der Waals surface area contributed by atoms with Crippen LogP contribution in [0.1, 0.15) is 53.3 Å².